The highest BCUT2D eigenvalue weighted by Gasteiger charge is 2.09. The maximum atomic E-state index is 10.9. The SMILES string of the molecule is Cc1cc(-c2cc(C(=O)O)ccc2C)n[nH]1. The number of H-pyrrole nitrogens is 1. The summed E-state index contributed by atoms with van der Waals surface area (Å²) in [6, 6.07) is 6.94. The fourth-order valence-corrected chi connectivity index (χ4v) is 1.59. The van der Waals surface area contributed by atoms with Crippen molar-refractivity contribution in [3.8, 4) is 11.3 Å². The first-order valence-corrected chi connectivity index (χ1v) is 4.94. The van der Waals surface area contributed by atoms with Gasteiger partial charge in [-0.05, 0) is 37.6 Å². The maximum Gasteiger partial charge on any atom is 0.335 e. The summed E-state index contributed by atoms with van der Waals surface area (Å²) in [6.07, 6.45) is 0. The molecule has 2 N–H and O–H groups in total. The van der Waals surface area contributed by atoms with Crippen molar-refractivity contribution < 1.29 is 9.90 Å². The van der Waals surface area contributed by atoms with Crippen LogP contribution in [0, 0.1) is 13.8 Å². The molecule has 82 valence electrons. The number of hydrogen-bond acceptors (Lipinski definition) is 2. The molecule has 0 spiro atoms. The summed E-state index contributed by atoms with van der Waals surface area (Å²) in [7, 11) is 0. The molecule has 0 amide bonds. The highest BCUT2D eigenvalue weighted by Crippen LogP contribution is 2.23. The molecule has 0 fully saturated rings. The van der Waals surface area contributed by atoms with Crippen LogP contribution in [0.25, 0.3) is 11.3 Å². The van der Waals surface area contributed by atoms with E-state index in [-0.39, 0.29) is 5.56 Å². The first kappa shape index (κ1) is 10.4. The van der Waals surface area contributed by atoms with Gasteiger partial charge in [-0.15, -0.1) is 0 Å². The van der Waals surface area contributed by atoms with Gasteiger partial charge in [0.1, 0.15) is 0 Å². The van der Waals surface area contributed by atoms with Crippen LogP contribution in [-0.4, -0.2) is 21.3 Å². The molecule has 0 radical (unpaired) electrons. The summed E-state index contributed by atoms with van der Waals surface area (Å²) in [5.74, 6) is -0.923. The summed E-state index contributed by atoms with van der Waals surface area (Å²) >= 11 is 0. The zero-order valence-electron chi connectivity index (χ0n) is 9.11. The minimum absolute atomic E-state index is 0.279. The largest absolute Gasteiger partial charge is 0.478 e. The van der Waals surface area contributed by atoms with Crippen molar-refractivity contribution >= 4 is 5.97 Å². The quantitative estimate of drug-likeness (QED) is 0.810. The van der Waals surface area contributed by atoms with Crippen LogP contribution in [0.15, 0.2) is 24.3 Å². The van der Waals surface area contributed by atoms with E-state index in [1.54, 1.807) is 18.2 Å². The van der Waals surface area contributed by atoms with Crippen molar-refractivity contribution in [1.82, 2.24) is 10.2 Å². The zero-order chi connectivity index (χ0) is 11.7. The first-order valence-electron chi connectivity index (χ1n) is 4.94. The van der Waals surface area contributed by atoms with Crippen molar-refractivity contribution in [2.45, 2.75) is 13.8 Å². The first-order chi connectivity index (χ1) is 7.58. The highest BCUT2D eigenvalue weighted by molar-refractivity contribution is 5.89. The molecule has 0 saturated heterocycles. The number of nitrogens with one attached hydrogen (secondary N) is 1. The number of aromatic carboxylic acids is 1. The van der Waals surface area contributed by atoms with Crippen LogP contribution in [-0.2, 0) is 0 Å². The Kier molecular flexibility index (Phi) is 2.48. The molecule has 0 aliphatic rings. The van der Waals surface area contributed by atoms with E-state index < -0.39 is 5.97 Å². The monoisotopic (exact) mass is 216 g/mol. The zero-order valence-corrected chi connectivity index (χ0v) is 9.11. The maximum absolute atomic E-state index is 10.9. The molecule has 2 aromatic rings. The Hall–Kier alpha value is -2.10. The highest BCUT2D eigenvalue weighted by atomic mass is 16.4. The van der Waals surface area contributed by atoms with Gasteiger partial charge in [0.2, 0.25) is 0 Å². The number of rotatable bonds is 2. The summed E-state index contributed by atoms with van der Waals surface area (Å²) in [5.41, 5.74) is 3.87. The van der Waals surface area contributed by atoms with Crippen LogP contribution in [0.2, 0.25) is 0 Å². The number of carboxylic acid groups (broad SMARTS) is 1. The molecule has 1 aromatic heterocycles. The molecule has 0 unspecified atom stereocenters. The number of carboxylic acids is 1. The van der Waals surface area contributed by atoms with Crippen LogP contribution in [0.1, 0.15) is 21.6 Å². The van der Waals surface area contributed by atoms with Gasteiger partial charge in [-0.25, -0.2) is 4.79 Å². The lowest BCUT2D eigenvalue weighted by atomic mass is 10.0. The summed E-state index contributed by atoms with van der Waals surface area (Å²) in [5, 5.41) is 15.9. The Labute approximate surface area is 92.9 Å². The number of hydrogen-bond donors (Lipinski definition) is 2. The third-order valence-corrected chi connectivity index (χ3v) is 2.47. The van der Waals surface area contributed by atoms with E-state index in [1.165, 1.54) is 0 Å². The molecular formula is C12H12N2O2. The van der Waals surface area contributed by atoms with E-state index in [4.69, 9.17) is 5.11 Å². The molecular weight excluding hydrogens is 204 g/mol. The number of benzene rings is 1. The molecule has 0 aliphatic carbocycles. The third-order valence-electron chi connectivity index (χ3n) is 2.47. The Morgan fingerprint density at radius 3 is 2.62 bits per heavy atom. The van der Waals surface area contributed by atoms with Crippen LogP contribution >= 0.6 is 0 Å². The van der Waals surface area contributed by atoms with Crippen molar-refractivity contribution in [3.05, 3.63) is 41.1 Å². The van der Waals surface area contributed by atoms with Gasteiger partial charge in [0.05, 0.1) is 11.3 Å². The smallest absolute Gasteiger partial charge is 0.335 e. The van der Waals surface area contributed by atoms with Crippen molar-refractivity contribution in [1.29, 1.82) is 0 Å². The van der Waals surface area contributed by atoms with Gasteiger partial charge in [0, 0.05) is 11.3 Å². The van der Waals surface area contributed by atoms with Crippen molar-refractivity contribution in [3.63, 3.8) is 0 Å². The predicted octanol–water partition coefficient (Wildman–Crippen LogP) is 2.39. The number of carbonyl (C=O) groups is 1. The molecule has 0 bridgehead atoms. The van der Waals surface area contributed by atoms with Gasteiger partial charge >= 0.3 is 5.97 Å². The van der Waals surface area contributed by atoms with E-state index in [0.29, 0.717) is 0 Å². The Morgan fingerprint density at radius 1 is 1.31 bits per heavy atom. The van der Waals surface area contributed by atoms with Crippen LogP contribution in [0.5, 0.6) is 0 Å². The third kappa shape index (κ3) is 1.82. The Balaban J connectivity index is 2.55. The molecule has 1 heterocycles. The summed E-state index contributed by atoms with van der Waals surface area (Å²) in [6.45, 7) is 3.85. The van der Waals surface area contributed by atoms with E-state index in [1.807, 2.05) is 19.9 Å². The van der Waals surface area contributed by atoms with Crippen LogP contribution in [0.4, 0.5) is 0 Å². The molecule has 0 aliphatic heterocycles. The molecule has 4 heteroatoms. The topological polar surface area (TPSA) is 66.0 Å². The second kappa shape index (κ2) is 3.81. The average molecular weight is 216 g/mol. The van der Waals surface area contributed by atoms with Crippen LogP contribution < -0.4 is 0 Å². The van der Waals surface area contributed by atoms with Crippen LogP contribution in [0.3, 0.4) is 0 Å². The molecule has 4 nitrogen and oxygen atoms in total. The molecule has 1 aromatic carbocycles. The standard InChI is InChI=1S/C12H12N2O2/c1-7-3-4-9(12(15)16)6-10(7)11-5-8(2)13-14-11/h3-6H,1-2H3,(H,13,14)(H,15,16). The predicted molar refractivity (Wildman–Crippen MR) is 60.5 cm³/mol. The number of aromatic nitrogens is 2. The lowest BCUT2D eigenvalue weighted by Crippen LogP contribution is -1.97. The van der Waals surface area contributed by atoms with Crippen molar-refractivity contribution in [2.24, 2.45) is 0 Å². The number of aromatic amines is 1. The second-order valence-electron chi connectivity index (χ2n) is 3.77. The molecule has 16 heavy (non-hydrogen) atoms. The average Bonchev–Trinajstić information content (AvgIpc) is 2.65. The minimum atomic E-state index is -0.923. The molecule has 0 atom stereocenters. The molecule has 0 saturated carbocycles. The van der Waals surface area contributed by atoms with E-state index in [9.17, 15) is 4.79 Å². The minimum Gasteiger partial charge on any atom is -0.478 e. The van der Waals surface area contributed by atoms with E-state index >= 15 is 0 Å². The van der Waals surface area contributed by atoms with Crippen molar-refractivity contribution in [2.75, 3.05) is 0 Å². The fourth-order valence-electron chi connectivity index (χ4n) is 1.59. The van der Waals surface area contributed by atoms with Gasteiger partial charge in [0.15, 0.2) is 0 Å². The van der Waals surface area contributed by atoms with E-state index in [2.05, 4.69) is 10.2 Å². The second-order valence-corrected chi connectivity index (χ2v) is 3.77. The Bertz CT molecular complexity index is 544. The van der Waals surface area contributed by atoms with Gasteiger partial charge < -0.3 is 5.11 Å². The Morgan fingerprint density at radius 2 is 2.06 bits per heavy atom. The van der Waals surface area contributed by atoms with Gasteiger partial charge in [0.25, 0.3) is 0 Å². The van der Waals surface area contributed by atoms with Gasteiger partial charge in [-0.2, -0.15) is 5.10 Å². The summed E-state index contributed by atoms with van der Waals surface area (Å²) < 4.78 is 0. The van der Waals surface area contributed by atoms with Gasteiger partial charge in [-0.1, -0.05) is 6.07 Å². The molecule has 2 rings (SSSR count). The number of aryl methyl sites for hydroxylation is 2. The fraction of sp³-hybridized carbons (Fsp3) is 0.167. The number of nitrogens with zero attached hydrogens (tertiary/aromatic N) is 1. The lowest BCUT2D eigenvalue weighted by Gasteiger charge is -2.03. The lowest BCUT2D eigenvalue weighted by molar-refractivity contribution is 0.0697. The van der Waals surface area contributed by atoms with Gasteiger partial charge in [-0.3, -0.25) is 5.10 Å². The van der Waals surface area contributed by atoms with E-state index in [0.717, 1.165) is 22.5 Å². The summed E-state index contributed by atoms with van der Waals surface area (Å²) in [4.78, 5) is 10.9. The normalized spacial score (nSPS) is 10.4.